The molecular formula is C28H42FN5O4. The summed E-state index contributed by atoms with van der Waals surface area (Å²) in [5, 5.41) is 0. The van der Waals surface area contributed by atoms with Gasteiger partial charge in [-0.15, -0.1) is 0 Å². The molecule has 0 radical (unpaired) electrons. The van der Waals surface area contributed by atoms with Crippen LogP contribution in [0.2, 0.25) is 0 Å². The molecule has 210 valence electrons. The van der Waals surface area contributed by atoms with Gasteiger partial charge in [0.15, 0.2) is 5.78 Å². The molecule has 38 heavy (non-hydrogen) atoms. The minimum atomic E-state index is -1.43. The smallest absolute Gasteiger partial charge is 0.259 e. The number of alkyl halides is 1. The monoisotopic (exact) mass is 531 g/mol. The van der Waals surface area contributed by atoms with Crippen molar-refractivity contribution in [2.24, 2.45) is 29.2 Å². The molecule has 0 spiro atoms. The highest BCUT2D eigenvalue weighted by Gasteiger charge is 2.63. The SMILES string of the molecule is NC1CCN(C2C(F)C(N)C3C(=O)C(C(=O)N4CCOCC4)=CN4C5CC6CCCCC6CC5OC2C34)C1. The maximum absolute atomic E-state index is 16.3. The number of Topliss-reactive ketones (excluding diaryl/α,β-unsaturated/α-hetero) is 1. The zero-order chi connectivity index (χ0) is 26.1. The molecule has 4 N–H and O–H groups in total. The van der Waals surface area contributed by atoms with Crippen LogP contribution in [0.3, 0.4) is 0 Å². The van der Waals surface area contributed by atoms with Crippen molar-refractivity contribution in [1.29, 1.82) is 0 Å². The van der Waals surface area contributed by atoms with Crippen molar-refractivity contribution in [3.8, 4) is 0 Å². The van der Waals surface area contributed by atoms with Crippen molar-refractivity contribution < 1.29 is 23.5 Å². The van der Waals surface area contributed by atoms with E-state index < -0.39 is 30.3 Å². The molecule has 11 atom stereocenters. The fourth-order valence-corrected chi connectivity index (χ4v) is 8.96. The summed E-state index contributed by atoms with van der Waals surface area (Å²) in [4.78, 5) is 33.7. The molecule has 9 nitrogen and oxygen atoms in total. The van der Waals surface area contributed by atoms with Gasteiger partial charge in [-0.05, 0) is 31.1 Å². The lowest BCUT2D eigenvalue weighted by Gasteiger charge is -2.62. The van der Waals surface area contributed by atoms with E-state index in [1.165, 1.54) is 25.7 Å². The van der Waals surface area contributed by atoms with Crippen molar-refractivity contribution in [2.75, 3.05) is 39.4 Å². The Kier molecular flexibility index (Phi) is 6.55. The number of amides is 1. The Hall–Kier alpha value is -1.59. The number of likely N-dealkylation sites (tertiary alicyclic amines) is 1. The van der Waals surface area contributed by atoms with E-state index in [1.807, 2.05) is 6.20 Å². The summed E-state index contributed by atoms with van der Waals surface area (Å²) in [6.45, 7) is 3.14. The molecule has 10 heteroatoms. The molecule has 1 amide bonds. The van der Waals surface area contributed by atoms with Crippen LogP contribution in [0.5, 0.6) is 0 Å². The first-order chi connectivity index (χ1) is 18.4. The number of morpholine rings is 2. The normalized spacial score (nSPS) is 47.2. The predicted octanol–water partition coefficient (Wildman–Crippen LogP) is 0.415. The summed E-state index contributed by atoms with van der Waals surface area (Å²) in [7, 11) is 0. The summed E-state index contributed by atoms with van der Waals surface area (Å²) >= 11 is 0. The number of ether oxygens (including phenoxy) is 2. The van der Waals surface area contributed by atoms with Gasteiger partial charge in [-0.2, -0.15) is 0 Å². The standard InChI is InChI=1S/C28H42FN5O4/c29-22-23(31)21-24-27(25(22)33-6-5-17(30)13-33)38-20-12-16-4-2-1-3-15(16)11-19(20)34(24)14-18(26(21)35)28(36)32-7-9-37-10-8-32/h14-17,19-25,27H,1-13,30-31H2. The van der Waals surface area contributed by atoms with Gasteiger partial charge >= 0.3 is 0 Å². The fourth-order valence-electron chi connectivity index (χ4n) is 8.96. The predicted molar refractivity (Wildman–Crippen MR) is 138 cm³/mol. The molecule has 0 aromatic rings. The van der Waals surface area contributed by atoms with Crippen LogP contribution in [-0.2, 0) is 19.1 Å². The highest BCUT2D eigenvalue weighted by molar-refractivity contribution is 6.20. The first-order valence-electron chi connectivity index (χ1n) is 14.9. The third-order valence-corrected chi connectivity index (χ3v) is 10.8. The van der Waals surface area contributed by atoms with E-state index in [1.54, 1.807) is 4.90 Å². The number of hydrogen-bond donors (Lipinski definition) is 2. The molecular weight excluding hydrogens is 489 g/mol. The second kappa shape index (κ2) is 9.80. The Bertz CT molecular complexity index is 990. The van der Waals surface area contributed by atoms with Crippen molar-refractivity contribution in [1.82, 2.24) is 14.7 Å². The molecule has 3 saturated carbocycles. The van der Waals surface area contributed by atoms with Crippen molar-refractivity contribution >= 4 is 11.7 Å². The number of carbonyl (C=O) groups excluding carboxylic acids is 2. The van der Waals surface area contributed by atoms with Crippen molar-refractivity contribution in [2.45, 2.75) is 93.5 Å². The van der Waals surface area contributed by atoms with Crippen LogP contribution >= 0.6 is 0 Å². The topological polar surface area (TPSA) is 114 Å². The zero-order valence-corrected chi connectivity index (χ0v) is 22.1. The lowest BCUT2D eigenvalue weighted by Crippen LogP contribution is -2.78. The fraction of sp³-hybridized carbons (Fsp3) is 0.857. The number of halogens is 1. The number of nitrogens with two attached hydrogens (primary N) is 2. The molecule has 0 aromatic heterocycles. The van der Waals surface area contributed by atoms with Crippen LogP contribution in [0, 0.1) is 17.8 Å². The zero-order valence-electron chi connectivity index (χ0n) is 22.1. The average molecular weight is 532 g/mol. The van der Waals surface area contributed by atoms with E-state index in [9.17, 15) is 9.59 Å². The first-order valence-corrected chi connectivity index (χ1v) is 14.9. The van der Waals surface area contributed by atoms with Gasteiger partial charge in [0.2, 0.25) is 0 Å². The highest BCUT2D eigenvalue weighted by Crippen LogP contribution is 2.50. The third-order valence-electron chi connectivity index (χ3n) is 10.8. The molecule has 11 unspecified atom stereocenters. The van der Waals surface area contributed by atoms with Gasteiger partial charge in [-0.25, -0.2) is 4.39 Å². The Balaban J connectivity index is 1.28. The minimum absolute atomic E-state index is 0.00639. The van der Waals surface area contributed by atoms with E-state index in [0.29, 0.717) is 51.2 Å². The maximum atomic E-state index is 16.3. The second-order valence-corrected chi connectivity index (χ2v) is 12.8. The average Bonchev–Trinajstić information content (AvgIpc) is 3.36. The molecule has 7 rings (SSSR count). The number of fused-ring (bicyclic) bond motifs is 3. The number of ketones is 1. The molecule has 0 aromatic carbocycles. The lowest BCUT2D eigenvalue weighted by molar-refractivity contribution is -0.222. The lowest BCUT2D eigenvalue weighted by atomic mass is 9.64. The largest absolute Gasteiger partial charge is 0.378 e. The number of carbonyl (C=O) groups is 2. The van der Waals surface area contributed by atoms with Crippen molar-refractivity contribution in [3.05, 3.63) is 11.8 Å². The van der Waals surface area contributed by atoms with E-state index in [0.717, 1.165) is 19.3 Å². The van der Waals surface area contributed by atoms with Gasteiger partial charge in [-0.3, -0.25) is 14.5 Å². The molecule has 3 aliphatic carbocycles. The van der Waals surface area contributed by atoms with E-state index in [2.05, 4.69) is 9.80 Å². The maximum Gasteiger partial charge on any atom is 0.259 e. The van der Waals surface area contributed by atoms with Gasteiger partial charge in [0.05, 0.1) is 55.0 Å². The van der Waals surface area contributed by atoms with Crippen LogP contribution < -0.4 is 11.5 Å². The molecule has 4 aliphatic heterocycles. The highest BCUT2D eigenvalue weighted by atomic mass is 19.1. The summed E-state index contributed by atoms with van der Waals surface area (Å²) in [5.41, 5.74) is 13.0. The van der Waals surface area contributed by atoms with E-state index >= 15 is 4.39 Å². The molecule has 7 aliphatic rings. The van der Waals surface area contributed by atoms with Crippen LogP contribution in [0.15, 0.2) is 11.8 Å². The Labute approximate surface area is 224 Å². The van der Waals surface area contributed by atoms with Crippen molar-refractivity contribution in [3.63, 3.8) is 0 Å². The summed E-state index contributed by atoms with van der Waals surface area (Å²) in [5.74, 6) is -0.150. The molecule has 6 fully saturated rings. The molecule has 4 heterocycles. The van der Waals surface area contributed by atoms with Gasteiger partial charge in [0.25, 0.3) is 5.91 Å². The summed E-state index contributed by atoms with van der Waals surface area (Å²) in [6.07, 6.45) is 7.61. The number of nitrogens with zero attached hydrogens (tertiary/aromatic N) is 3. The molecule has 3 saturated heterocycles. The van der Waals surface area contributed by atoms with Gasteiger partial charge in [0.1, 0.15) is 6.17 Å². The first kappa shape index (κ1) is 25.4. The van der Waals surface area contributed by atoms with Crippen LogP contribution in [0.25, 0.3) is 0 Å². The molecule has 0 bridgehead atoms. The Morgan fingerprint density at radius 1 is 1.00 bits per heavy atom. The third kappa shape index (κ3) is 3.97. The number of hydrogen-bond acceptors (Lipinski definition) is 8. The summed E-state index contributed by atoms with van der Waals surface area (Å²) in [6, 6.07) is -1.82. The van der Waals surface area contributed by atoms with Crippen LogP contribution in [-0.4, -0.2) is 114 Å². The Morgan fingerprint density at radius 2 is 1.74 bits per heavy atom. The van der Waals surface area contributed by atoms with Gasteiger partial charge in [0, 0.05) is 44.5 Å². The summed E-state index contributed by atoms with van der Waals surface area (Å²) < 4.78 is 28.7. The second-order valence-electron chi connectivity index (χ2n) is 12.8. The quantitative estimate of drug-likeness (QED) is 0.493. The Morgan fingerprint density at radius 3 is 2.45 bits per heavy atom. The van der Waals surface area contributed by atoms with Crippen LogP contribution in [0.4, 0.5) is 4.39 Å². The van der Waals surface area contributed by atoms with E-state index in [4.69, 9.17) is 20.9 Å². The number of rotatable bonds is 2. The minimum Gasteiger partial charge on any atom is -0.378 e. The van der Waals surface area contributed by atoms with Gasteiger partial charge < -0.3 is 30.7 Å². The van der Waals surface area contributed by atoms with E-state index in [-0.39, 0.29) is 41.5 Å². The van der Waals surface area contributed by atoms with Crippen LogP contribution in [0.1, 0.15) is 44.9 Å². The van der Waals surface area contributed by atoms with Gasteiger partial charge in [-0.1, -0.05) is 25.7 Å².